The average molecular weight is 653 g/mol. The molecular weight excluding hydrogens is 625 g/mol. The van der Waals surface area contributed by atoms with Crippen molar-refractivity contribution in [2.45, 2.75) is 0 Å². The third kappa shape index (κ3) is 4.00. The lowest BCUT2D eigenvalue weighted by atomic mass is 9.85. The molecule has 1 nitrogen and oxygen atoms in total. The number of fused-ring (bicyclic) bond motifs is 10. The van der Waals surface area contributed by atoms with Crippen LogP contribution >= 0.6 is 11.3 Å². The summed E-state index contributed by atoms with van der Waals surface area (Å²) < 4.78 is 8.83. The second kappa shape index (κ2) is 10.6. The van der Waals surface area contributed by atoms with Crippen LogP contribution in [0.5, 0.6) is 0 Å². The van der Waals surface area contributed by atoms with Gasteiger partial charge in [0.1, 0.15) is 11.2 Å². The van der Waals surface area contributed by atoms with E-state index in [-0.39, 0.29) is 0 Å². The zero-order valence-electron chi connectivity index (χ0n) is 27.0. The summed E-state index contributed by atoms with van der Waals surface area (Å²) >= 11 is 1.87. The van der Waals surface area contributed by atoms with Gasteiger partial charge in [0, 0.05) is 30.9 Å². The zero-order valence-corrected chi connectivity index (χ0v) is 27.8. The maximum Gasteiger partial charge on any atom is 0.136 e. The molecule has 2 aromatic heterocycles. The van der Waals surface area contributed by atoms with E-state index in [4.69, 9.17) is 4.42 Å². The van der Waals surface area contributed by atoms with Crippen LogP contribution in [0.4, 0.5) is 0 Å². The molecule has 11 rings (SSSR count). The van der Waals surface area contributed by atoms with Gasteiger partial charge in [0.25, 0.3) is 0 Å². The molecular formula is C48H28OS. The molecule has 0 atom stereocenters. The summed E-state index contributed by atoms with van der Waals surface area (Å²) in [5, 5.41) is 12.6. The molecule has 50 heavy (non-hydrogen) atoms. The Labute approximate surface area is 292 Å². The second-order valence-electron chi connectivity index (χ2n) is 13.2. The summed E-state index contributed by atoms with van der Waals surface area (Å²) in [5.41, 5.74) is 9.39. The van der Waals surface area contributed by atoms with Gasteiger partial charge in [-0.1, -0.05) is 140 Å². The van der Waals surface area contributed by atoms with Crippen molar-refractivity contribution in [1.82, 2.24) is 0 Å². The van der Waals surface area contributed by atoms with Crippen molar-refractivity contribution in [1.29, 1.82) is 0 Å². The molecule has 9 aromatic carbocycles. The Morgan fingerprint density at radius 1 is 0.360 bits per heavy atom. The van der Waals surface area contributed by atoms with Crippen LogP contribution in [0.1, 0.15) is 0 Å². The minimum atomic E-state index is 0.939. The molecule has 0 bridgehead atoms. The fourth-order valence-electron chi connectivity index (χ4n) is 8.27. The molecule has 0 spiro atoms. The molecule has 0 aliphatic heterocycles. The largest absolute Gasteiger partial charge is 0.456 e. The summed E-state index contributed by atoms with van der Waals surface area (Å²) in [6, 6.07) is 62.0. The van der Waals surface area contributed by atoms with Crippen molar-refractivity contribution in [3.05, 3.63) is 170 Å². The van der Waals surface area contributed by atoms with E-state index in [1.54, 1.807) is 0 Å². The second-order valence-corrected chi connectivity index (χ2v) is 14.2. The van der Waals surface area contributed by atoms with E-state index in [9.17, 15) is 0 Å². The Hall–Kier alpha value is -6.22. The van der Waals surface area contributed by atoms with Gasteiger partial charge in [0.05, 0.1) is 0 Å². The first-order valence-corrected chi connectivity index (χ1v) is 17.9. The van der Waals surface area contributed by atoms with E-state index in [0.29, 0.717) is 0 Å². The number of furan rings is 1. The first kappa shape index (κ1) is 27.7. The number of hydrogen-bond donors (Lipinski definition) is 0. The molecule has 0 N–H and O–H groups in total. The lowest BCUT2D eigenvalue weighted by molar-refractivity contribution is 0.669. The lowest BCUT2D eigenvalue weighted by Gasteiger charge is -2.18. The molecule has 0 aliphatic rings. The number of para-hydroxylation sites is 1. The summed E-state index contributed by atoms with van der Waals surface area (Å²) in [7, 11) is 0. The monoisotopic (exact) mass is 652 g/mol. The number of benzene rings is 9. The Bertz CT molecular complexity index is 3100. The molecule has 0 unspecified atom stereocenters. The Balaban J connectivity index is 1.15. The molecule has 0 fully saturated rings. The van der Waals surface area contributed by atoms with Crippen LogP contribution in [0.25, 0.3) is 108 Å². The van der Waals surface area contributed by atoms with E-state index in [1.165, 1.54) is 96.6 Å². The minimum Gasteiger partial charge on any atom is -0.456 e. The summed E-state index contributed by atoms with van der Waals surface area (Å²) in [4.78, 5) is 0. The SMILES string of the molecule is c1cc(-c2cccc3ccccc23)cc(-c2c3ccccc3c(-c3ccc4c(c3)sc3c4ccc4oc5ccccc5c43)c3ccccc23)c1. The van der Waals surface area contributed by atoms with Gasteiger partial charge in [0.2, 0.25) is 0 Å². The molecule has 0 saturated heterocycles. The highest BCUT2D eigenvalue weighted by molar-refractivity contribution is 7.26. The molecule has 2 heterocycles. The molecule has 0 amide bonds. The van der Waals surface area contributed by atoms with E-state index < -0.39 is 0 Å². The van der Waals surface area contributed by atoms with E-state index in [1.807, 2.05) is 17.4 Å². The topological polar surface area (TPSA) is 13.1 Å². The first-order chi connectivity index (χ1) is 24.8. The van der Waals surface area contributed by atoms with E-state index in [0.717, 1.165) is 11.2 Å². The maximum absolute atomic E-state index is 6.25. The molecule has 2 heteroatoms. The Morgan fingerprint density at radius 2 is 0.940 bits per heavy atom. The molecule has 0 saturated carbocycles. The van der Waals surface area contributed by atoms with Crippen molar-refractivity contribution in [3.8, 4) is 33.4 Å². The van der Waals surface area contributed by atoms with Crippen LogP contribution < -0.4 is 0 Å². The van der Waals surface area contributed by atoms with Crippen molar-refractivity contribution >= 4 is 85.8 Å². The fraction of sp³-hybridized carbons (Fsp3) is 0. The Morgan fingerprint density at radius 3 is 1.70 bits per heavy atom. The minimum absolute atomic E-state index is 0.939. The van der Waals surface area contributed by atoms with Gasteiger partial charge >= 0.3 is 0 Å². The third-order valence-electron chi connectivity index (χ3n) is 10.5. The van der Waals surface area contributed by atoms with Gasteiger partial charge in [0.15, 0.2) is 0 Å². The lowest BCUT2D eigenvalue weighted by Crippen LogP contribution is -1.91. The van der Waals surface area contributed by atoms with Crippen molar-refractivity contribution < 1.29 is 4.42 Å². The summed E-state index contributed by atoms with van der Waals surface area (Å²) in [5.74, 6) is 0. The van der Waals surface area contributed by atoms with Gasteiger partial charge in [-0.05, 0) is 96.0 Å². The quantitative estimate of drug-likeness (QED) is 0.173. The van der Waals surface area contributed by atoms with Crippen LogP contribution in [0.3, 0.4) is 0 Å². The van der Waals surface area contributed by atoms with Gasteiger partial charge in [-0.15, -0.1) is 11.3 Å². The van der Waals surface area contributed by atoms with Crippen LogP contribution in [-0.4, -0.2) is 0 Å². The van der Waals surface area contributed by atoms with Crippen LogP contribution in [0.2, 0.25) is 0 Å². The average Bonchev–Trinajstić information content (AvgIpc) is 3.74. The fourth-order valence-corrected chi connectivity index (χ4v) is 9.56. The highest BCUT2D eigenvalue weighted by atomic mass is 32.1. The summed E-state index contributed by atoms with van der Waals surface area (Å²) in [6.07, 6.45) is 0. The molecule has 0 aliphatic carbocycles. The van der Waals surface area contributed by atoms with Crippen molar-refractivity contribution in [2.75, 3.05) is 0 Å². The van der Waals surface area contributed by atoms with Gasteiger partial charge in [-0.25, -0.2) is 0 Å². The van der Waals surface area contributed by atoms with Gasteiger partial charge in [-0.3, -0.25) is 0 Å². The molecule has 0 radical (unpaired) electrons. The first-order valence-electron chi connectivity index (χ1n) is 17.1. The molecule has 232 valence electrons. The predicted octanol–water partition coefficient (Wildman–Crippen LogP) is 14.4. The highest BCUT2D eigenvalue weighted by Gasteiger charge is 2.19. The standard InChI is InChI=1S/C48H28OS/c1-2-15-33-29(11-1)12-10-21-34(33)30-13-9-14-31(27-30)45-36-16-3-5-18-38(36)46(39-19-6-4-17-37(39)45)32-23-24-35-40-25-26-43-47(48(40)50-44(35)28-32)41-20-7-8-22-42(41)49-43/h1-28H. The predicted molar refractivity (Wildman–Crippen MR) is 215 cm³/mol. The smallest absolute Gasteiger partial charge is 0.136 e. The van der Waals surface area contributed by atoms with Crippen LogP contribution in [0.15, 0.2) is 174 Å². The van der Waals surface area contributed by atoms with Gasteiger partial charge in [-0.2, -0.15) is 0 Å². The number of thiophene rings is 1. The van der Waals surface area contributed by atoms with Crippen molar-refractivity contribution in [2.24, 2.45) is 0 Å². The normalized spacial score (nSPS) is 12.0. The van der Waals surface area contributed by atoms with E-state index in [2.05, 4.69) is 164 Å². The zero-order chi connectivity index (χ0) is 32.8. The number of rotatable bonds is 3. The summed E-state index contributed by atoms with van der Waals surface area (Å²) in [6.45, 7) is 0. The highest BCUT2D eigenvalue weighted by Crippen LogP contribution is 2.47. The van der Waals surface area contributed by atoms with E-state index >= 15 is 0 Å². The van der Waals surface area contributed by atoms with Crippen LogP contribution in [-0.2, 0) is 0 Å². The maximum atomic E-state index is 6.25. The Kier molecular flexibility index (Phi) is 5.89. The van der Waals surface area contributed by atoms with Crippen molar-refractivity contribution in [3.63, 3.8) is 0 Å². The van der Waals surface area contributed by atoms with Crippen LogP contribution in [0, 0.1) is 0 Å². The number of hydrogen-bond acceptors (Lipinski definition) is 2. The molecule has 11 aromatic rings. The van der Waals surface area contributed by atoms with Gasteiger partial charge < -0.3 is 4.42 Å². The third-order valence-corrected chi connectivity index (χ3v) is 11.6.